The summed E-state index contributed by atoms with van der Waals surface area (Å²) in [6, 6.07) is 11.7. The summed E-state index contributed by atoms with van der Waals surface area (Å²) >= 11 is 0. The van der Waals surface area contributed by atoms with Crippen LogP contribution < -0.4 is 10.5 Å². The van der Waals surface area contributed by atoms with Crippen molar-refractivity contribution in [3.63, 3.8) is 0 Å². The van der Waals surface area contributed by atoms with Gasteiger partial charge in [-0.2, -0.15) is 0 Å². The first-order valence-electron chi connectivity index (χ1n) is 6.79. The Morgan fingerprint density at radius 2 is 1.90 bits per heavy atom. The van der Waals surface area contributed by atoms with Gasteiger partial charge in [0, 0.05) is 5.56 Å². The number of oxime groups is 1. The Morgan fingerprint density at radius 3 is 2.57 bits per heavy atom. The summed E-state index contributed by atoms with van der Waals surface area (Å²) in [5.41, 5.74) is 10.8. The maximum atomic E-state index is 8.70. The zero-order chi connectivity index (χ0) is 15.4. The fourth-order valence-corrected chi connectivity index (χ4v) is 2.11. The average molecular weight is 284 g/mol. The summed E-state index contributed by atoms with van der Waals surface area (Å²) in [5.74, 6) is 1.01. The molecular weight excluding hydrogens is 264 g/mol. The van der Waals surface area contributed by atoms with Crippen molar-refractivity contribution in [2.45, 2.75) is 27.4 Å². The van der Waals surface area contributed by atoms with E-state index in [2.05, 4.69) is 25.1 Å². The van der Waals surface area contributed by atoms with Gasteiger partial charge in [0.15, 0.2) is 5.84 Å². The van der Waals surface area contributed by atoms with Crippen molar-refractivity contribution in [3.8, 4) is 5.75 Å². The van der Waals surface area contributed by atoms with E-state index in [1.807, 2.05) is 37.3 Å². The van der Waals surface area contributed by atoms with Crippen LogP contribution in [0.5, 0.6) is 5.75 Å². The van der Waals surface area contributed by atoms with Crippen LogP contribution in [0, 0.1) is 20.8 Å². The topological polar surface area (TPSA) is 67.8 Å². The van der Waals surface area contributed by atoms with Gasteiger partial charge in [-0.05, 0) is 55.2 Å². The average Bonchev–Trinajstić information content (AvgIpc) is 2.49. The third-order valence-electron chi connectivity index (χ3n) is 3.68. The highest BCUT2D eigenvalue weighted by Crippen LogP contribution is 2.22. The van der Waals surface area contributed by atoms with Crippen LogP contribution in [0.15, 0.2) is 41.6 Å². The minimum atomic E-state index is 0.111. The van der Waals surface area contributed by atoms with Crippen LogP contribution in [0.3, 0.4) is 0 Å². The molecule has 0 saturated carbocycles. The number of nitrogens with zero attached hydrogens (tertiary/aromatic N) is 1. The highest BCUT2D eigenvalue weighted by molar-refractivity contribution is 5.97. The molecule has 0 heterocycles. The second-order valence-electron chi connectivity index (χ2n) is 5.11. The summed E-state index contributed by atoms with van der Waals surface area (Å²) in [6.45, 7) is 6.60. The fourth-order valence-electron chi connectivity index (χ4n) is 2.11. The lowest BCUT2D eigenvalue weighted by atomic mass is 10.0. The Morgan fingerprint density at radius 1 is 1.14 bits per heavy atom. The summed E-state index contributed by atoms with van der Waals surface area (Å²) in [4.78, 5) is 0. The molecule has 4 nitrogen and oxygen atoms in total. The molecule has 0 aromatic heterocycles. The predicted octanol–water partition coefficient (Wildman–Crippen LogP) is 3.29. The van der Waals surface area contributed by atoms with Crippen LogP contribution in [-0.4, -0.2) is 11.0 Å². The predicted molar refractivity (Wildman–Crippen MR) is 83.9 cm³/mol. The van der Waals surface area contributed by atoms with E-state index in [1.165, 1.54) is 5.56 Å². The van der Waals surface area contributed by atoms with E-state index in [0.29, 0.717) is 12.2 Å². The number of hydrogen-bond acceptors (Lipinski definition) is 3. The summed E-state index contributed by atoms with van der Waals surface area (Å²) in [5, 5.41) is 11.7. The third kappa shape index (κ3) is 3.34. The molecule has 3 N–H and O–H groups in total. The van der Waals surface area contributed by atoms with Gasteiger partial charge >= 0.3 is 0 Å². The molecule has 0 unspecified atom stereocenters. The molecule has 0 amide bonds. The van der Waals surface area contributed by atoms with Crippen molar-refractivity contribution >= 4 is 5.84 Å². The second-order valence-corrected chi connectivity index (χ2v) is 5.11. The Bertz CT molecular complexity index is 678. The van der Waals surface area contributed by atoms with Gasteiger partial charge in [0.05, 0.1) is 0 Å². The van der Waals surface area contributed by atoms with Crippen molar-refractivity contribution in [1.29, 1.82) is 0 Å². The molecule has 0 bridgehead atoms. The number of hydrogen-bond donors (Lipinski definition) is 2. The molecule has 0 fully saturated rings. The minimum absolute atomic E-state index is 0.111. The summed E-state index contributed by atoms with van der Waals surface area (Å²) in [7, 11) is 0. The monoisotopic (exact) mass is 284 g/mol. The summed E-state index contributed by atoms with van der Waals surface area (Å²) in [6.07, 6.45) is 0. The second kappa shape index (κ2) is 6.31. The number of aryl methyl sites for hydroxylation is 2. The first-order valence-corrected chi connectivity index (χ1v) is 6.79. The molecule has 2 aromatic rings. The number of nitrogens with two attached hydrogens (primary N) is 1. The van der Waals surface area contributed by atoms with Gasteiger partial charge in [-0.1, -0.05) is 29.4 Å². The Kier molecular flexibility index (Phi) is 4.48. The fraction of sp³-hybridized carbons (Fsp3) is 0.235. The van der Waals surface area contributed by atoms with Gasteiger partial charge in [0.1, 0.15) is 12.4 Å². The van der Waals surface area contributed by atoms with Crippen LogP contribution in [0.1, 0.15) is 27.8 Å². The van der Waals surface area contributed by atoms with E-state index in [-0.39, 0.29) is 5.84 Å². The maximum Gasteiger partial charge on any atom is 0.170 e. The lowest BCUT2D eigenvalue weighted by Gasteiger charge is -2.13. The molecule has 0 spiro atoms. The van der Waals surface area contributed by atoms with E-state index in [4.69, 9.17) is 15.7 Å². The van der Waals surface area contributed by atoms with Gasteiger partial charge in [-0.15, -0.1) is 0 Å². The van der Waals surface area contributed by atoms with Gasteiger partial charge in [-0.3, -0.25) is 0 Å². The van der Waals surface area contributed by atoms with Crippen molar-refractivity contribution in [1.82, 2.24) is 0 Å². The molecule has 0 radical (unpaired) electrons. The smallest absolute Gasteiger partial charge is 0.170 e. The normalized spacial score (nSPS) is 11.5. The molecule has 4 heteroatoms. The SMILES string of the molecule is Cc1cc(/C(N)=N/O)ccc1COc1cccc(C)c1C. The van der Waals surface area contributed by atoms with Gasteiger partial charge < -0.3 is 15.7 Å². The molecule has 110 valence electrons. The van der Waals surface area contributed by atoms with Gasteiger partial charge in [0.2, 0.25) is 0 Å². The molecular formula is C17H20N2O2. The van der Waals surface area contributed by atoms with E-state index in [1.54, 1.807) is 0 Å². The zero-order valence-corrected chi connectivity index (χ0v) is 12.6. The van der Waals surface area contributed by atoms with Crippen LogP contribution in [-0.2, 0) is 6.61 Å². The number of benzene rings is 2. The van der Waals surface area contributed by atoms with Crippen molar-refractivity contribution in [2.75, 3.05) is 0 Å². The number of rotatable bonds is 4. The number of amidine groups is 1. The molecule has 0 aliphatic rings. The van der Waals surface area contributed by atoms with Gasteiger partial charge in [0.25, 0.3) is 0 Å². The van der Waals surface area contributed by atoms with Crippen molar-refractivity contribution < 1.29 is 9.94 Å². The first kappa shape index (κ1) is 14.9. The molecule has 0 aliphatic heterocycles. The highest BCUT2D eigenvalue weighted by atomic mass is 16.5. The van der Waals surface area contributed by atoms with Crippen LogP contribution in [0.25, 0.3) is 0 Å². The lowest BCUT2D eigenvalue weighted by Crippen LogP contribution is -2.13. The Hall–Kier alpha value is -2.49. The van der Waals surface area contributed by atoms with Crippen molar-refractivity contribution in [3.05, 3.63) is 64.2 Å². The molecule has 2 aromatic carbocycles. The summed E-state index contributed by atoms with van der Waals surface area (Å²) < 4.78 is 5.90. The Labute approximate surface area is 124 Å². The van der Waals surface area contributed by atoms with Crippen LogP contribution in [0.2, 0.25) is 0 Å². The van der Waals surface area contributed by atoms with E-state index >= 15 is 0 Å². The lowest BCUT2D eigenvalue weighted by molar-refractivity contribution is 0.303. The van der Waals surface area contributed by atoms with E-state index < -0.39 is 0 Å². The van der Waals surface area contributed by atoms with Crippen LogP contribution >= 0.6 is 0 Å². The van der Waals surface area contributed by atoms with Crippen molar-refractivity contribution in [2.24, 2.45) is 10.9 Å². The molecule has 21 heavy (non-hydrogen) atoms. The van der Waals surface area contributed by atoms with E-state index in [9.17, 15) is 0 Å². The zero-order valence-electron chi connectivity index (χ0n) is 12.6. The van der Waals surface area contributed by atoms with E-state index in [0.717, 1.165) is 22.4 Å². The number of ether oxygens (including phenoxy) is 1. The third-order valence-corrected chi connectivity index (χ3v) is 3.68. The van der Waals surface area contributed by atoms with Gasteiger partial charge in [-0.25, -0.2) is 0 Å². The molecule has 0 aliphatic carbocycles. The minimum Gasteiger partial charge on any atom is -0.489 e. The molecule has 0 atom stereocenters. The Balaban J connectivity index is 2.15. The first-order chi connectivity index (χ1) is 10.0. The van der Waals surface area contributed by atoms with Crippen LogP contribution in [0.4, 0.5) is 0 Å². The standard InChI is InChI=1S/C17H20N2O2/c1-11-5-4-6-16(13(11)3)21-10-15-8-7-14(9-12(15)2)17(18)19-20/h4-9,20H,10H2,1-3H3,(H2,18,19). The highest BCUT2D eigenvalue weighted by Gasteiger charge is 2.06. The maximum absolute atomic E-state index is 8.70. The largest absolute Gasteiger partial charge is 0.489 e. The molecule has 2 rings (SSSR count). The molecule has 0 saturated heterocycles. The quantitative estimate of drug-likeness (QED) is 0.392.